The van der Waals surface area contributed by atoms with E-state index in [1.54, 1.807) is 11.8 Å². The first-order valence-electron chi connectivity index (χ1n) is 6.53. The Hall–Kier alpha value is -1.55. The minimum atomic E-state index is 0.670. The van der Waals surface area contributed by atoms with Crippen LogP contribution in [0.3, 0.4) is 0 Å². The first-order chi connectivity index (χ1) is 9.22. The van der Waals surface area contributed by atoms with Gasteiger partial charge in [-0.2, -0.15) is 0 Å². The van der Waals surface area contributed by atoms with Crippen LogP contribution in [0.5, 0.6) is 0 Å². The lowest BCUT2D eigenvalue weighted by atomic mass is 10.2. The van der Waals surface area contributed by atoms with Crippen molar-refractivity contribution in [1.82, 2.24) is 4.98 Å². The molecule has 0 amide bonds. The van der Waals surface area contributed by atoms with Crippen molar-refractivity contribution in [1.29, 1.82) is 0 Å². The Balaban J connectivity index is 1.94. The van der Waals surface area contributed by atoms with Crippen LogP contribution in [0.25, 0.3) is 10.9 Å². The van der Waals surface area contributed by atoms with Crippen LogP contribution in [-0.4, -0.2) is 22.4 Å². The number of aromatic nitrogens is 1. The van der Waals surface area contributed by atoms with Gasteiger partial charge in [0.2, 0.25) is 0 Å². The molecule has 1 N–H and O–H groups in total. The lowest BCUT2D eigenvalue weighted by Crippen LogP contribution is -2.18. The Morgan fingerprint density at radius 2 is 2.16 bits per heavy atom. The zero-order valence-corrected chi connectivity index (χ0v) is 12.0. The van der Waals surface area contributed by atoms with E-state index in [4.69, 9.17) is 0 Å². The Morgan fingerprint density at radius 1 is 1.26 bits per heavy atom. The molecule has 1 aromatic carbocycles. The molecule has 98 valence electrons. The number of aliphatic imine (C=N–C) groups is 1. The number of benzene rings is 1. The van der Waals surface area contributed by atoms with E-state index < -0.39 is 0 Å². The van der Waals surface area contributed by atoms with E-state index in [-0.39, 0.29) is 0 Å². The molecule has 3 rings (SSSR count). The predicted octanol–water partition coefficient (Wildman–Crippen LogP) is 3.69. The van der Waals surface area contributed by atoms with Gasteiger partial charge in [0, 0.05) is 23.4 Å². The van der Waals surface area contributed by atoms with Gasteiger partial charge < -0.3 is 5.32 Å². The number of anilines is 1. The molecule has 0 bridgehead atoms. The number of thioether (sulfide) groups is 1. The molecule has 2 aromatic rings. The number of hydrogen-bond donors (Lipinski definition) is 1. The number of aryl methyl sites for hydroxylation is 1. The maximum atomic E-state index is 4.63. The predicted molar refractivity (Wildman–Crippen MR) is 84.0 cm³/mol. The summed E-state index contributed by atoms with van der Waals surface area (Å²) in [7, 11) is 0. The Labute approximate surface area is 117 Å². The molecule has 4 heteroatoms. The molecule has 0 fully saturated rings. The minimum Gasteiger partial charge on any atom is -0.333 e. The molecule has 0 radical (unpaired) electrons. The van der Waals surface area contributed by atoms with Crippen LogP contribution < -0.4 is 5.32 Å². The number of rotatable bonds is 1. The van der Waals surface area contributed by atoms with Crippen molar-refractivity contribution in [3.63, 3.8) is 0 Å². The van der Waals surface area contributed by atoms with Crippen LogP contribution in [0.1, 0.15) is 12.6 Å². The number of nitrogens with one attached hydrogen (secondary N) is 1. The van der Waals surface area contributed by atoms with Crippen LogP contribution in [0, 0.1) is 12.8 Å². The maximum Gasteiger partial charge on any atom is 0.161 e. The quantitative estimate of drug-likeness (QED) is 0.859. The zero-order valence-electron chi connectivity index (χ0n) is 11.2. The third-order valence-electron chi connectivity index (χ3n) is 3.15. The Morgan fingerprint density at radius 3 is 2.95 bits per heavy atom. The van der Waals surface area contributed by atoms with Crippen LogP contribution in [0.2, 0.25) is 0 Å². The average Bonchev–Trinajstić information content (AvgIpc) is 2.42. The van der Waals surface area contributed by atoms with E-state index in [1.165, 1.54) is 0 Å². The number of amidine groups is 1. The van der Waals surface area contributed by atoms with Gasteiger partial charge in [0.1, 0.15) is 0 Å². The summed E-state index contributed by atoms with van der Waals surface area (Å²) in [6, 6.07) is 10.4. The largest absolute Gasteiger partial charge is 0.333 e. The number of fused-ring (bicyclic) bond motifs is 1. The molecule has 3 nitrogen and oxygen atoms in total. The second kappa shape index (κ2) is 5.21. The summed E-state index contributed by atoms with van der Waals surface area (Å²) in [4.78, 5) is 9.21. The molecule has 1 unspecified atom stereocenters. The van der Waals surface area contributed by atoms with Crippen molar-refractivity contribution >= 4 is 33.5 Å². The van der Waals surface area contributed by atoms with E-state index >= 15 is 0 Å². The summed E-state index contributed by atoms with van der Waals surface area (Å²) in [5.41, 5.74) is 3.10. The van der Waals surface area contributed by atoms with Gasteiger partial charge in [-0.3, -0.25) is 9.98 Å². The van der Waals surface area contributed by atoms with Crippen molar-refractivity contribution in [2.75, 3.05) is 17.6 Å². The SMILES string of the molecule is Cc1ccc2cccc(NC3=NCC(C)CS3)c2n1. The van der Waals surface area contributed by atoms with E-state index in [0.717, 1.165) is 39.7 Å². The summed E-state index contributed by atoms with van der Waals surface area (Å²) in [5.74, 6) is 1.80. The van der Waals surface area contributed by atoms with Gasteiger partial charge >= 0.3 is 0 Å². The highest BCUT2D eigenvalue weighted by molar-refractivity contribution is 8.14. The first kappa shape index (κ1) is 12.5. The highest BCUT2D eigenvalue weighted by Crippen LogP contribution is 2.25. The van der Waals surface area contributed by atoms with Crippen LogP contribution in [0.4, 0.5) is 5.69 Å². The highest BCUT2D eigenvalue weighted by atomic mass is 32.2. The van der Waals surface area contributed by atoms with Crippen molar-refractivity contribution in [2.45, 2.75) is 13.8 Å². The van der Waals surface area contributed by atoms with Crippen molar-refractivity contribution in [3.8, 4) is 0 Å². The maximum absolute atomic E-state index is 4.63. The average molecular weight is 271 g/mol. The summed E-state index contributed by atoms with van der Waals surface area (Å²) >= 11 is 1.79. The van der Waals surface area contributed by atoms with Gasteiger partial charge in [-0.05, 0) is 25.0 Å². The Kier molecular flexibility index (Phi) is 3.42. The lowest BCUT2D eigenvalue weighted by Gasteiger charge is -2.18. The molecule has 0 spiro atoms. The van der Waals surface area contributed by atoms with Crippen LogP contribution in [0.15, 0.2) is 35.3 Å². The molecule has 0 saturated heterocycles. The molecular weight excluding hydrogens is 254 g/mol. The first-order valence-corrected chi connectivity index (χ1v) is 7.51. The fraction of sp³-hybridized carbons (Fsp3) is 0.333. The summed E-state index contributed by atoms with van der Waals surface area (Å²) < 4.78 is 0. The fourth-order valence-electron chi connectivity index (χ4n) is 2.09. The van der Waals surface area contributed by atoms with Crippen molar-refractivity contribution < 1.29 is 0 Å². The fourth-order valence-corrected chi connectivity index (χ4v) is 2.99. The molecule has 0 saturated carbocycles. The van der Waals surface area contributed by atoms with Gasteiger partial charge in [-0.15, -0.1) is 0 Å². The third kappa shape index (κ3) is 2.73. The van der Waals surface area contributed by atoms with Crippen molar-refractivity contribution in [2.24, 2.45) is 10.9 Å². The van der Waals surface area contributed by atoms with Crippen molar-refractivity contribution in [3.05, 3.63) is 36.0 Å². The number of hydrogen-bond acceptors (Lipinski definition) is 4. The number of nitrogens with zero attached hydrogens (tertiary/aromatic N) is 2. The van der Waals surface area contributed by atoms with E-state index in [1.807, 2.05) is 13.0 Å². The normalized spacial score (nSPS) is 19.3. The summed E-state index contributed by atoms with van der Waals surface area (Å²) in [6.07, 6.45) is 0. The van der Waals surface area contributed by atoms with E-state index in [9.17, 15) is 0 Å². The van der Waals surface area contributed by atoms with Gasteiger partial charge in [-0.1, -0.05) is 36.9 Å². The van der Waals surface area contributed by atoms with Crippen LogP contribution in [-0.2, 0) is 0 Å². The molecule has 2 heterocycles. The molecule has 0 aliphatic carbocycles. The number of pyridine rings is 1. The molecule has 1 atom stereocenters. The molecule has 1 aliphatic rings. The molecule has 1 aromatic heterocycles. The number of para-hydroxylation sites is 1. The standard InChI is InChI=1S/C15H17N3S/c1-10-8-16-15(19-9-10)18-13-5-3-4-12-7-6-11(2)17-14(12)13/h3-7,10H,8-9H2,1-2H3,(H,16,18). The molecular formula is C15H17N3S. The summed E-state index contributed by atoms with van der Waals surface area (Å²) in [6.45, 7) is 5.16. The molecule has 1 aliphatic heterocycles. The summed E-state index contributed by atoms with van der Waals surface area (Å²) in [5, 5.41) is 5.59. The van der Waals surface area contributed by atoms with Crippen LogP contribution >= 0.6 is 11.8 Å². The monoisotopic (exact) mass is 271 g/mol. The van der Waals surface area contributed by atoms with Gasteiger partial charge in [0.05, 0.1) is 11.2 Å². The smallest absolute Gasteiger partial charge is 0.161 e. The van der Waals surface area contributed by atoms with E-state index in [0.29, 0.717) is 5.92 Å². The van der Waals surface area contributed by atoms with Gasteiger partial charge in [0.25, 0.3) is 0 Å². The van der Waals surface area contributed by atoms with E-state index in [2.05, 4.69) is 46.5 Å². The second-order valence-electron chi connectivity index (χ2n) is 5.02. The zero-order chi connectivity index (χ0) is 13.2. The lowest BCUT2D eigenvalue weighted by molar-refractivity contribution is 0.674. The second-order valence-corrected chi connectivity index (χ2v) is 6.03. The third-order valence-corrected chi connectivity index (χ3v) is 4.39. The highest BCUT2D eigenvalue weighted by Gasteiger charge is 2.13. The van der Waals surface area contributed by atoms with Gasteiger partial charge in [0.15, 0.2) is 5.17 Å². The Bertz CT molecular complexity index is 636. The van der Waals surface area contributed by atoms with Gasteiger partial charge in [-0.25, -0.2) is 0 Å². The topological polar surface area (TPSA) is 37.3 Å². The molecule has 19 heavy (non-hydrogen) atoms. The minimum absolute atomic E-state index is 0.670.